The van der Waals surface area contributed by atoms with Crippen LogP contribution in [0, 0.1) is 11.3 Å². The van der Waals surface area contributed by atoms with Crippen molar-refractivity contribution in [1.82, 2.24) is 8.87 Å². The minimum atomic E-state index is -3.58. The number of carbonyl (C=O) groups excluding carboxylic acids is 1. The zero-order chi connectivity index (χ0) is 18.7. The minimum Gasteiger partial charge on any atom is -0.456 e. The predicted octanol–water partition coefficient (Wildman–Crippen LogP) is 2.04. The molecule has 0 N–H and O–H groups in total. The molecule has 2 heterocycles. The Bertz CT molecular complexity index is 967. The molecule has 1 aliphatic heterocycles. The first kappa shape index (κ1) is 18.2. The molecule has 0 radical (unpaired) electrons. The third-order valence-electron chi connectivity index (χ3n) is 4.32. The number of rotatable bonds is 5. The summed E-state index contributed by atoms with van der Waals surface area (Å²) < 4.78 is 33.4. The zero-order valence-corrected chi connectivity index (χ0v) is 15.2. The maximum absolute atomic E-state index is 12.6. The second-order valence-corrected chi connectivity index (χ2v) is 8.11. The molecule has 1 saturated heterocycles. The van der Waals surface area contributed by atoms with Crippen molar-refractivity contribution in [3.8, 4) is 6.07 Å². The number of sulfonamides is 1. The molecule has 136 valence electrons. The quantitative estimate of drug-likeness (QED) is 0.748. The van der Waals surface area contributed by atoms with E-state index in [1.54, 1.807) is 31.3 Å². The topological polar surface area (TPSA) is 92.4 Å². The molecular formula is C18H19N3O4S. The van der Waals surface area contributed by atoms with Crippen LogP contribution in [0.5, 0.6) is 0 Å². The van der Waals surface area contributed by atoms with Gasteiger partial charge < -0.3 is 9.30 Å². The van der Waals surface area contributed by atoms with Crippen LogP contribution in [0.15, 0.2) is 41.4 Å². The Kier molecular flexibility index (Phi) is 5.11. The number of carbonyl (C=O) groups is 1. The number of nitrogens with zero attached hydrogens (tertiary/aromatic N) is 3. The lowest BCUT2D eigenvalue weighted by Gasteiger charge is -2.13. The number of hydrogen-bond acceptors (Lipinski definition) is 5. The average Bonchev–Trinajstić information content (AvgIpc) is 3.30. The molecule has 0 saturated carbocycles. The summed E-state index contributed by atoms with van der Waals surface area (Å²) in [5.74, 6) is -0.613. The Morgan fingerprint density at radius 1 is 1.27 bits per heavy atom. The van der Waals surface area contributed by atoms with Crippen LogP contribution in [-0.2, 0) is 28.4 Å². The highest BCUT2D eigenvalue weighted by Crippen LogP contribution is 2.23. The normalized spacial score (nSPS) is 14.9. The molecule has 26 heavy (non-hydrogen) atoms. The van der Waals surface area contributed by atoms with Gasteiger partial charge in [0, 0.05) is 26.3 Å². The van der Waals surface area contributed by atoms with E-state index in [0.29, 0.717) is 24.2 Å². The van der Waals surface area contributed by atoms with Crippen molar-refractivity contribution < 1.29 is 17.9 Å². The molecule has 1 aliphatic rings. The van der Waals surface area contributed by atoms with Crippen molar-refractivity contribution >= 4 is 16.0 Å². The first-order valence-electron chi connectivity index (χ1n) is 8.24. The SMILES string of the molecule is Cn1cc(S(=O)(=O)N2CCCC2)cc1C(=O)OCc1cccc(C#N)c1. The molecule has 7 nitrogen and oxygen atoms in total. The fourth-order valence-corrected chi connectivity index (χ4v) is 4.50. The molecule has 0 amide bonds. The zero-order valence-electron chi connectivity index (χ0n) is 14.4. The summed E-state index contributed by atoms with van der Waals surface area (Å²) in [6.07, 6.45) is 3.13. The third kappa shape index (κ3) is 3.64. The fourth-order valence-electron chi connectivity index (χ4n) is 2.91. The summed E-state index contributed by atoms with van der Waals surface area (Å²) in [4.78, 5) is 12.4. The Labute approximate surface area is 152 Å². The third-order valence-corrected chi connectivity index (χ3v) is 6.18. The number of hydrogen-bond donors (Lipinski definition) is 0. The number of aryl methyl sites for hydroxylation is 1. The molecule has 1 aromatic heterocycles. The van der Waals surface area contributed by atoms with Crippen molar-refractivity contribution in [3.63, 3.8) is 0 Å². The summed E-state index contributed by atoms with van der Waals surface area (Å²) in [5.41, 5.74) is 1.34. The second kappa shape index (κ2) is 7.32. The lowest BCUT2D eigenvalue weighted by Crippen LogP contribution is -2.27. The van der Waals surface area contributed by atoms with Crippen LogP contribution in [-0.4, -0.2) is 36.3 Å². The van der Waals surface area contributed by atoms with Crippen molar-refractivity contribution in [3.05, 3.63) is 53.3 Å². The standard InChI is InChI=1S/C18H19N3O4S/c1-20-12-16(26(23,24)21-7-2-3-8-21)10-17(20)18(22)25-13-15-6-4-5-14(9-15)11-19/h4-6,9-10,12H,2-3,7-8,13H2,1H3. The average molecular weight is 373 g/mol. The first-order valence-corrected chi connectivity index (χ1v) is 9.68. The molecule has 0 aliphatic carbocycles. The predicted molar refractivity (Wildman–Crippen MR) is 93.7 cm³/mol. The van der Waals surface area contributed by atoms with Gasteiger partial charge in [0.25, 0.3) is 0 Å². The minimum absolute atomic E-state index is 0.00768. The molecule has 1 fully saturated rings. The van der Waals surface area contributed by atoms with E-state index in [-0.39, 0.29) is 17.2 Å². The van der Waals surface area contributed by atoms with Crippen LogP contribution in [0.25, 0.3) is 0 Å². The van der Waals surface area contributed by atoms with Gasteiger partial charge >= 0.3 is 5.97 Å². The van der Waals surface area contributed by atoms with E-state index in [1.165, 1.54) is 21.1 Å². The fraction of sp³-hybridized carbons (Fsp3) is 0.333. The van der Waals surface area contributed by atoms with E-state index >= 15 is 0 Å². The van der Waals surface area contributed by atoms with Crippen molar-refractivity contribution in [1.29, 1.82) is 5.26 Å². The van der Waals surface area contributed by atoms with Gasteiger partial charge in [-0.1, -0.05) is 12.1 Å². The van der Waals surface area contributed by atoms with Crippen LogP contribution in [0.4, 0.5) is 0 Å². The van der Waals surface area contributed by atoms with Gasteiger partial charge in [-0.2, -0.15) is 9.57 Å². The number of nitriles is 1. The van der Waals surface area contributed by atoms with Crippen LogP contribution < -0.4 is 0 Å². The first-order chi connectivity index (χ1) is 12.4. The van der Waals surface area contributed by atoms with Crippen LogP contribution in [0.3, 0.4) is 0 Å². The van der Waals surface area contributed by atoms with Crippen molar-refractivity contribution in [2.45, 2.75) is 24.3 Å². The Morgan fingerprint density at radius 2 is 2.00 bits per heavy atom. The molecule has 2 aromatic rings. The summed E-state index contributed by atoms with van der Waals surface area (Å²) >= 11 is 0. The van der Waals surface area contributed by atoms with Crippen molar-refractivity contribution in [2.75, 3.05) is 13.1 Å². The van der Waals surface area contributed by atoms with E-state index < -0.39 is 16.0 Å². The lowest BCUT2D eigenvalue weighted by atomic mass is 10.1. The van der Waals surface area contributed by atoms with Gasteiger partial charge in [0.1, 0.15) is 17.2 Å². The summed E-state index contributed by atoms with van der Waals surface area (Å²) in [6.45, 7) is 1.02. The largest absolute Gasteiger partial charge is 0.456 e. The highest BCUT2D eigenvalue weighted by molar-refractivity contribution is 7.89. The Hall–Kier alpha value is -2.63. The van der Waals surface area contributed by atoms with E-state index in [1.807, 2.05) is 6.07 Å². The van der Waals surface area contributed by atoms with Gasteiger partial charge in [0.2, 0.25) is 10.0 Å². The molecule has 0 bridgehead atoms. The number of benzene rings is 1. The molecule has 0 unspecified atom stereocenters. The van der Waals surface area contributed by atoms with E-state index in [4.69, 9.17) is 10.00 Å². The van der Waals surface area contributed by atoms with Gasteiger partial charge in [-0.15, -0.1) is 0 Å². The van der Waals surface area contributed by atoms with Gasteiger partial charge in [-0.25, -0.2) is 13.2 Å². The van der Waals surface area contributed by atoms with E-state index in [9.17, 15) is 13.2 Å². The van der Waals surface area contributed by atoms with Crippen LogP contribution in [0.1, 0.15) is 34.5 Å². The summed E-state index contributed by atoms with van der Waals surface area (Å²) in [5, 5.41) is 8.90. The van der Waals surface area contributed by atoms with Crippen LogP contribution >= 0.6 is 0 Å². The smallest absolute Gasteiger partial charge is 0.355 e. The monoisotopic (exact) mass is 373 g/mol. The highest BCUT2D eigenvalue weighted by atomic mass is 32.2. The van der Waals surface area contributed by atoms with Gasteiger partial charge in [-0.05, 0) is 36.6 Å². The summed E-state index contributed by atoms with van der Waals surface area (Å²) in [7, 11) is -1.97. The molecule has 0 spiro atoms. The van der Waals surface area contributed by atoms with Crippen molar-refractivity contribution in [2.24, 2.45) is 7.05 Å². The number of ether oxygens (including phenoxy) is 1. The summed E-state index contributed by atoms with van der Waals surface area (Å²) in [6, 6.07) is 10.1. The van der Waals surface area contributed by atoms with E-state index in [2.05, 4.69) is 0 Å². The van der Waals surface area contributed by atoms with Crippen LogP contribution in [0.2, 0.25) is 0 Å². The van der Waals surface area contributed by atoms with Gasteiger partial charge in [-0.3, -0.25) is 0 Å². The maximum atomic E-state index is 12.6. The number of esters is 1. The molecular weight excluding hydrogens is 354 g/mol. The molecule has 3 rings (SSSR count). The highest BCUT2D eigenvalue weighted by Gasteiger charge is 2.29. The molecule has 1 aromatic carbocycles. The van der Waals surface area contributed by atoms with Gasteiger partial charge in [0.05, 0.1) is 11.6 Å². The van der Waals surface area contributed by atoms with Gasteiger partial charge in [0.15, 0.2) is 0 Å². The second-order valence-electron chi connectivity index (χ2n) is 6.17. The Balaban J connectivity index is 1.74. The lowest BCUT2D eigenvalue weighted by molar-refractivity contribution is 0.0461. The Morgan fingerprint density at radius 3 is 2.69 bits per heavy atom. The van der Waals surface area contributed by atoms with E-state index in [0.717, 1.165) is 12.8 Å². The molecule has 0 atom stereocenters. The number of aromatic nitrogens is 1. The molecule has 8 heteroatoms. The maximum Gasteiger partial charge on any atom is 0.355 e.